The van der Waals surface area contributed by atoms with Crippen molar-refractivity contribution in [2.45, 2.75) is 54.5 Å². The lowest BCUT2D eigenvalue weighted by atomic mass is 9.89. The molecule has 0 fully saturated rings. The van der Waals surface area contributed by atoms with E-state index in [0.717, 1.165) is 23.5 Å². The van der Waals surface area contributed by atoms with Crippen LogP contribution in [0.5, 0.6) is 0 Å². The minimum Gasteiger partial charge on any atom is -0.396 e. The lowest BCUT2D eigenvalue weighted by Crippen LogP contribution is -2.35. The highest BCUT2D eigenvalue weighted by atomic mass is 16.3. The molecular weight excluding hydrogens is 314 g/mol. The van der Waals surface area contributed by atoms with Crippen LogP contribution in [0.15, 0.2) is 11.6 Å². The van der Waals surface area contributed by atoms with Crippen molar-refractivity contribution in [2.75, 3.05) is 13.2 Å². The Kier molecular flexibility index (Phi) is 7.44. The number of hydrogen-bond donors (Lipinski definition) is 2. The molecule has 0 saturated carbocycles. The Balaban J connectivity index is 2.97. The minimum absolute atomic E-state index is 0.0751. The van der Waals surface area contributed by atoms with Gasteiger partial charge in [0.1, 0.15) is 11.6 Å². The monoisotopic (exact) mass is 345 g/mol. The standard InChI is InChI=1S/C20H31N3O2/c1-14(2)12-23-15(3)9-17(16(23)4)10-18(11-21)19(25)22-13-20(5,6)7-8-24/h9-10,14,24H,7-8,12-13H2,1-6H3,(H,22,25)/b18-10-. The Hall–Kier alpha value is -2.06. The molecule has 0 atom stereocenters. The lowest BCUT2D eigenvalue weighted by molar-refractivity contribution is -0.117. The van der Waals surface area contributed by atoms with E-state index >= 15 is 0 Å². The molecule has 1 heterocycles. The van der Waals surface area contributed by atoms with Gasteiger partial charge < -0.3 is 15.0 Å². The van der Waals surface area contributed by atoms with Crippen LogP contribution < -0.4 is 5.32 Å². The molecule has 0 bridgehead atoms. The first-order valence-corrected chi connectivity index (χ1v) is 8.79. The van der Waals surface area contributed by atoms with Gasteiger partial charge in [0.05, 0.1) is 0 Å². The molecule has 0 unspecified atom stereocenters. The van der Waals surface area contributed by atoms with Crippen molar-refractivity contribution in [2.24, 2.45) is 11.3 Å². The molecule has 1 amide bonds. The average molecular weight is 345 g/mol. The molecule has 1 aromatic rings. The van der Waals surface area contributed by atoms with Crippen LogP contribution in [0.1, 0.15) is 51.1 Å². The van der Waals surface area contributed by atoms with Gasteiger partial charge in [-0.05, 0) is 49.3 Å². The van der Waals surface area contributed by atoms with Gasteiger partial charge in [-0.3, -0.25) is 4.79 Å². The van der Waals surface area contributed by atoms with Crippen LogP contribution in [0, 0.1) is 36.5 Å². The van der Waals surface area contributed by atoms with Crippen molar-refractivity contribution in [1.29, 1.82) is 5.26 Å². The summed E-state index contributed by atoms with van der Waals surface area (Å²) in [5, 5.41) is 21.2. The van der Waals surface area contributed by atoms with E-state index in [1.807, 2.05) is 39.8 Å². The van der Waals surface area contributed by atoms with Gasteiger partial charge >= 0.3 is 0 Å². The molecule has 0 aliphatic rings. The van der Waals surface area contributed by atoms with Gasteiger partial charge in [0.15, 0.2) is 0 Å². The molecule has 0 aliphatic heterocycles. The smallest absolute Gasteiger partial charge is 0.261 e. The number of nitrogens with one attached hydrogen (secondary N) is 1. The number of carbonyl (C=O) groups excluding carboxylic acids is 1. The van der Waals surface area contributed by atoms with E-state index in [2.05, 4.69) is 23.7 Å². The predicted octanol–water partition coefficient (Wildman–Crippen LogP) is 3.19. The van der Waals surface area contributed by atoms with E-state index in [4.69, 9.17) is 5.11 Å². The summed E-state index contributed by atoms with van der Waals surface area (Å²) in [6.45, 7) is 13.7. The normalized spacial score (nSPS) is 12.4. The molecule has 0 radical (unpaired) electrons. The largest absolute Gasteiger partial charge is 0.396 e. The Morgan fingerprint density at radius 3 is 2.60 bits per heavy atom. The summed E-state index contributed by atoms with van der Waals surface area (Å²) in [5.74, 6) is 0.149. The fraction of sp³-hybridized carbons (Fsp3) is 0.600. The van der Waals surface area contributed by atoms with Gasteiger partial charge in [0.2, 0.25) is 0 Å². The molecule has 5 nitrogen and oxygen atoms in total. The second-order valence-corrected chi connectivity index (χ2v) is 7.82. The van der Waals surface area contributed by atoms with Crippen LogP contribution in [0.4, 0.5) is 0 Å². The third-order valence-corrected chi connectivity index (χ3v) is 4.34. The number of hydrogen-bond acceptors (Lipinski definition) is 3. The molecule has 1 aromatic heterocycles. The second kappa shape index (κ2) is 8.87. The van der Waals surface area contributed by atoms with E-state index in [1.54, 1.807) is 6.08 Å². The summed E-state index contributed by atoms with van der Waals surface area (Å²) in [6, 6.07) is 4.02. The fourth-order valence-electron chi connectivity index (χ4n) is 2.73. The zero-order valence-corrected chi connectivity index (χ0v) is 16.3. The molecular formula is C20H31N3O2. The Morgan fingerprint density at radius 1 is 1.44 bits per heavy atom. The summed E-state index contributed by atoms with van der Waals surface area (Å²) in [6.07, 6.45) is 2.25. The highest BCUT2D eigenvalue weighted by molar-refractivity contribution is 6.01. The third kappa shape index (κ3) is 6.06. The third-order valence-electron chi connectivity index (χ3n) is 4.34. The zero-order chi connectivity index (χ0) is 19.2. The number of rotatable bonds is 8. The summed E-state index contributed by atoms with van der Waals surface area (Å²) in [4.78, 5) is 12.3. The fourth-order valence-corrected chi connectivity index (χ4v) is 2.73. The Labute approximate surface area is 151 Å². The number of carbonyl (C=O) groups is 1. The highest BCUT2D eigenvalue weighted by Gasteiger charge is 2.20. The summed E-state index contributed by atoms with van der Waals surface area (Å²) in [7, 11) is 0. The van der Waals surface area contributed by atoms with Crippen LogP contribution in [-0.4, -0.2) is 28.7 Å². The topological polar surface area (TPSA) is 78.1 Å². The molecule has 0 saturated heterocycles. The molecule has 138 valence electrons. The highest BCUT2D eigenvalue weighted by Crippen LogP contribution is 2.21. The predicted molar refractivity (Wildman–Crippen MR) is 101 cm³/mol. The number of aliphatic hydroxyl groups is 1. The van der Waals surface area contributed by atoms with E-state index < -0.39 is 0 Å². The van der Waals surface area contributed by atoms with Gasteiger partial charge in [-0.1, -0.05) is 27.7 Å². The number of aryl methyl sites for hydroxylation is 1. The van der Waals surface area contributed by atoms with Crippen molar-refractivity contribution in [1.82, 2.24) is 9.88 Å². The molecule has 5 heteroatoms. The summed E-state index contributed by atoms with van der Waals surface area (Å²) in [5.41, 5.74) is 2.98. The maximum absolute atomic E-state index is 12.3. The molecule has 25 heavy (non-hydrogen) atoms. The van der Waals surface area contributed by atoms with Crippen molar-refractivity contribution < 1.29 is 9.90 Å². The van der Waals surface area contributed by atoms with Crippen molar-refractivity contribution in [3.05, 3.63) is 28.6 Å². The molecule has 2 N–H and O–H groups in total. The molecule has 0 aliphatic carbocycles. The summed E-state index contributed by atoms with van der Waals surface area (Å²) < 4.78 is 2.22. The van der Waals surface area contributed by atoms with E-state index in [-0.39, 0.29) is 23.5 Å². The minimum atomic E-state index is -0.373. The van der Waals surface area contributed by atoms with Crippen molar-refractivity contribution in [3.8, 4) is 6.07 Å². The number of nitrogens with zero attached hydrogens (tertiary/aromatic N) is 2. The van der Waals surface area contributed by atoms with E-state index in [1.165, 1.54) is 0 Å². The Bertz CT molecular complexity index is 676. The lowest BCUT2D eigenvalue weighted by Gasteiger charge is -2.23. The first kappa shape index (κ1) is 21.0. The van der Waals surface area contributed by atoms with Crippen LogP contribution in [0.3, 0.4) is 0 Å². The van der Waals surface area contributed by atoms with Gasteiger partial charge in [-0.2, -0.15) is 5.26 Å². The van der Waals surface area contributed by atoms with Crippen LogP contribution in [0.2, 0.25) is 0 Å². The first-order valence-electron chi connectivity index (χ1n) is 8.79. The van der Waals surface area contributed by atoms with E-state index in [9.17, 15) is 10.1 Å². The Morgan fingerprint density at radius 2 is 2.08 bits per heavy atom. The van der Waals surface area contributed by atoms with Gasteiger partial charge in [0.25, 0.3) is 5.91 Å². The van der Waals surface area contributed by atoms with Crippen molar-refractivity contribution in [3.63, 3.8) is 0 Å². The summed E-state index contributed by atoms with van der Waals surface area (Å²) >= 11 is 0. The molecule has 0 spiro atoms. The van der Waals surface area contributed by atoms with E-state index in [0.29, 0.717) is 18.9 Å². The second-order valence-electron chi connectivity index (χ2n) is 7.82. The maximum atomic E-state index is 12.3. The average Bonchev–Trinajstić information content (AvgIpc) is 2.77. The number of aliphatic hydroxyl groups excluding tert-OH is 1. The number of amides is 1. The van der Waals surface area contributed by atoms with Gasteiger partial charge in [-0.25, -0.2) is 0 Å². The number of nitriles is 1. The quantitative estimate of drug-likeness (QED) is 0.561. The van der Waals surface area contributed by atoms with Crippen LogP contribution in [0.25, 0.3) is 6.08 Å². The maximum Gasteiger partial charge on any atom is 0.261 e. The van der Waals surface area contributed by atoms with Gasteiger partial charge in [0, 0.05) is 31.1 Å². The SMILES string of the molecule is Cc1cc(/C=C(/C#N)C(=O)NCC(C)(C)CCO)c(C)n1CC(C)C. The van der Waals surface area contributed by atoms with Crippen LogP contribution in [-0.2, 0) is 11.3 Å². The van der Waals surface area contributed by atoms with Gasteiger partial charge in [-0.15, -0.1) is 0 Å². The molecule has 1 rings (SSSR count). The van der Waals surface area contributed by atoms with Crippen molar-refractivity contribution >= 4 is 12.0 Å². The number of aromatic nitrogens is 1. The zero-order valence-electron chi connectivity index (χ0n) is 16.3. The first-order chi connectivity index (χ1) is 11.6. The molecule has 0 aromatic carbocycles. The van der Waals surface area contributed by atoms with Crippen LogP contribution >= 0.6 is 0 Å².